The van der Waals surface area contributed by atoms with Crippen LogP contribution in [0.25, 0.3) is 0 Å². The van der Waals surface area contributed by atoms with Crippen molar-refractivity contribution in [2.45, 2.75) is 43.8 Å². The Bertz CT molecular complexity index is 260. The largest absolute Gasteiger partial charge is 0.378 e. The van der Waals surface area contributed by atoms with Crippen LogP contribution in [0.15, 0.2) is 0 Å². The van der Waals surface area contributed by atoms with E-state index in [0.717, 1.165) is 52.2 Å². The van der Waals surface area contributed by atoms with Crippen LogP contribution in [0.1, 0.15) is 32.1 Å². The van der Waals surface area contributed by atoms with Crippen LogP contribution in [0, 0.1) is 5.92 Å². The van der Waals surface area contributed by atoms with E-state index in [0.29, 0.717) is 12.0 Å². The number of hydrogen-bond donors (Lipinski definition) is 1. The van der Waals surface area contributed by atoms with Gasteiger partial charge < -0.3 is 19.5 Å². The fraction of sp³-hybridized carbons (Fsp3) is 1.00. The van der Waals surface area contributed by atoms with Crippen LogP contribution in [-0.4, -0.2) is 51.2 Å². The van der Waals surface area contributed by atoms with Crippen LogP contribution in [0.4, 0.5) is 0 Å². The summed E-state index contributed by atoms with van der Waals surface area (Å²) >= 11 is 0. The maximum Gasteiger partial charge on any atom is 0.0961 e. The number of hydrogen-bond acceptors (Lipinski definition) is 4. The van der Waals surface area contributed by atoms with Gasteiger partial charge in [0.25, 0.3) is 0 Å². The van der Waals surface area contributed by atoms with Crippen LogP contribution in [0.2, 0.25) is 0 Å². The quantitative estimate of drug-likeness (QED) is 0.826. The topological polar surface area (TPSA) is 39.7 Å². The summed E-state index contributed by atoms with van der Waals surface area (Å²) in [6.45, 7) is 5.65. The van der Waals surface area contributed by atoms with Crippen molar-refractivity contribution in [3.8, 4) is 0 Å². The normalized spacial score (nSPS) is 41.3. The maximum absolute atomic E-state index is 6.13. The number of rotatable bonds is 3. The number of ether oxygens (including phenoxy) is 3. The van der Waals surface area contributed by atoms with Gasteiger partial charge >= 0.3 is 0 Å². The summed E-state index contributed by atoms with van der Waals surface area (Å²) < 4.78 is 17.6. The molecule has 3 heterocycles. The zero-order chi connectivity index (χ0) is 12.3. The second kappa shape index (κ2) is 5.87. The molecule has 3 aliphatic heterocycles. The van der Waals surface area contributed by atoms with Crippen molar-refractivity contribution in [2.75, 3.05) is 39.5 Å². The third kappa shape index (κ3) is 3.05. The van der Waals surface area contributed by atoms with Gasteiger partial charge in [0, 0.05) is 32.6 Å². The van der Waals surface area contributed by atoms with Crippen LogP contribution >= 0.6 is 0 Å². The first-order valence-corrected chi connectivity index (χ1v) is 7.40. The smallest absolute Gasteiger partial charge is 0.0961 e. The molecule has 0 aromatic heterocycles. The van der Waals surface area contributed by atoms with Gasteiger partial charge in [-0.25, -0.2) is 0 Å². The average Bonchev–Trinajstić information content (AvgIpc) is 2.86. The van der Waals surface area contributed by atoms with Crippen molar-refractivity contribution in [3.05, 3.63) is 0 Å². The average molecular weight is 255 g/mol. The van der Waals surface area contributed by atoms with Crippen LogP contribution < -0.4 is 5.32 Å². The molecule has 3 fully saturated rings. The molecule has 3 rings (SSSR count). The first kappa shape index (κ1) is 12.9. The van der Waals surface area contributed by atoms with Gasteiger partial charge in [-0.3, -0.25) is 0 Å². The van der Waals surface area contributed by atoms with Crippen molar-refractivity contribution >= 4 is 0 Å². The molecule has 0 aromatic carbocycles. The molecule has 3 unspecified atom stereocenters. The first-order chi connectivity index (χ1) is 8.86. The Morgan fingerprint density at radius 2 is 2.28 bits per heavy atom. The molecule has 3 aliphatic rings. The Kier molecular flexibility index (Phi) is 4.19. The summed E-state index contributed by atoms with van der Waals surface area (Å²) in [5, 5.41) is 3.45. The Hall–Kier alpha value is -0.160. The molecule has 104 valence electrons. The van der Waals surface area contributed by atoms with Crippen molar-refractivity contribution < 1.29 is 14.2 Å². The van der Waals surface area contributed by atoms with Gasteiger partial charge in [0.15, 0.2) is 0 Å². The van der Waals surface area contributed by atoms with E-state index in [1.54, 1.807) is 0 Å². The SMILES string of the molecule is C1CNCC(COC2CCOC3(CCOC3)C2)C1. The predicted octanol–water partition coefficient (Wildman–Crippen LogP) is 1.34. The summed E-state index contributed by atoms with van der Waals surface area (Å²) in [6, 6.07) is 0. The molecule has 0 radical (unpaired) electrons. The molecule has 0 amide bonds. The van der Waals surface area contributed by atoms with E-state index in [1.807, 2.05) is 0 Å². The van der Waals surface area contributed by atoms with Crippen LogP contribution in [0.5, 0.6) is 0 Å². The van der Waals surface area contributed by atoms with Crippen molar-refractivity contribution in [3.63, 3.8) is 0 Å². The van der Waals surface area contributed by atoms with Crippen LogP contribution in [0.3, 0.4) is 0 Å². The lowest BCUT2D eigenvalue weighted by Crippen LogP contribution is -2.44. The molecule has 1 N–H and O–H groups in total. The summed E-state index contributed by atoms with van der Waals surface area (Å²) in [7, 11) is 0. The minimum atomic E-state index is -0.0201. The lowest BCUT2D eigenvalue weighted by molar-refractivity contribution is -0.137. The Labute approximate surface area is 109 Å². The molecule has 18 heavy (non-hydrogen) atoms. The van der Waals surface area contributed by atoms with Crippen molar-refractivity contribution in [2.24, 2.45) is 5.92 Å². The van der Waals surface area contributed by atoms with Crippen molar-refractivity contribution in [1.82, 2.24) is 5.32 Å². The number of piperidine rings is 1. The molecular formula is C14H25NO3. The van der Waals surface area contributed by atoms with Gasteiger partial charge in [0.2, 0.25) is 0 Å². The summed E-state index contributed by atoms with van der Waals surface area (Å²) in [4.78, 5) is 0. The Morgan fingerprint density at radius 3 is 3.06 bits per heavy atom. The summed E-state index contributed by atoms with van der Waals surface area (Å²) in [5.41, 5.74) is -0.0201. The van der Waals surface area contributed by atoms with E-state index < -0.39 is 0 Å². The molecule has 0 bridgehead atoms. The van der Waals surface area contributed by atoms with E-state index in [2.05, 4.69) is 5.32 Å². The van der Waals surface area contributed by atoms with E-state index in [4.69, 9.17) is 14.2 Å². The minimum Gasteiger partial charge on any atom is -0.378 e. The van der Waals surface area contributed by atoms with E-state index in [1.165, 1.54) is 19.4 Å². The molecular weight excluding hydrogens is 230 g/mol. The molecule has 3 atom stereocenters. The van der Waals surface area contributed by atoms with Gasteiger partial charge in [-0.1, -0.05) is 0 Å². The summed E-state index contributed by atoms with van der Waals surface area (Å²) in [6.07, 6.45) is 6.08. The van der Waals surface area contributed by atoms with Gasteiger partial charge in [0.05, 0.1) is 24.9 Å². The Morgan fingerprint density at radius 1 is 1.28 bits per heavy atom. The summed E-state index contributed by atoms with van der Waals surface area (Å²) in [5.74, 6) is 0.706. The highest BCUT2D eigenvalue weighted by Gasteiger charge is 2.41. The standard InChI is InChI=1S/C14H25NO3/c1-2-12(9-15-5-1)10-17-13-3-6-18-14(8-13)4-7-16-11-14/h12-13,15H,1-11H2. The number of nitrogens with one attached hydrogen (secondary N) is 1. The van der Waals surface area contributed by atoms with E-state index >= 15 is 0 Å². The zero-order valence-corrected chi connectivity index (χ0v) is 11.2. The van der Waals surface area contributed by atoms with Gasteiger partial charge in [-0.05, 0) is 31.7 Å². The van der Waals surface area contributed by atoms with Gasteiger partial charge in [0.1, 0.15) is 0 Å². The maximum atomic E-state index is 6.13. The highest BCUT2D eigenvalue weighted by molar-refractivity contribution is 4.91. The van der Waals surface area contributed by atoms with E-state index in [9.17, 15) is 0 Å². The lowest BCUT2D eigenvalue weighted by Gasteiger charge is -2.37. The van der Waals surface area contributed by atoms with E-state index in [-0.39, 0.29) is 5.60 Å². The van der Waals surface area contributed by atoms with Crippen LogP contribution in [-0.2, 0) is 14.2 Å². The molecule has 0 aromatic rings. The van der Waals surface area contributed by atoms with Gasteiger partial charge in [-0.2, -0.15) is 0 Å². The fourth-order valence-electron chi connectivity index (χ4n) is 3.33. The molecule has 1 spiro atoms. The highest BCUT2D eigenvalue weighted by Crippen LogP contribution is 2.34. The third-order valence-electron chi connectivity index (χ3n) is 4.48. The third-order valence-corrected chi connectivity index (χ3v) is 4.48. The molecule has 3 saturated heterocycles. The highest BCUT2D eigenvalue weighted by atomic mass is 16.6. The monoisotopic (exact) mass is 255 g/mol. The molecule has 4 heteroatoms. The molecule has 0 saturated carbocycles. The molecule has 4 nitrogen and oxygen atoms in total. The van der Waals surface area contributed by atoms with Crippen molar-refractivity contribution in [1.29, 1.82) is 0 Å². The second-order valence-electron chi connectivity index (χ2n) is 5.99. The fourth-order valence-corrected chi connectivity index (χ4v) is 3.33. The van der Waals surface area contributed by atoms with Gasteiger partial charge in [-0.15, -0.1) is 0 Å². The zero-order valence-electron chi connectivity index (χ0n) is 11.2. The Balaban J connectivity index is 1.44. The minimum absolute atomic E-state index is 0.0201. The molecule has 0 aliphatic carbocycles. The second-order valence-corrected chi connectivity index (χ2v) is 5.99. The predicted molar refractivity (Wildman–Crippen MR) is 68.7 cm³/mol. The first-order valence-electron chi connectivity index (χ1n) is 7.40. The lowest BCUT2D eigenvalue weighted by atomic mass is 9.91.